The minimum Gasteiger partial charge on any atom is -0.405 e. The molecule has 0 fully saturated rings. The Hall–Kier alpha value is -2.59. The van der Waals surface area contributed by atoms with Crippen molar-refractivity contribution in [3.63, 3.8) is 0 Å². The lowest BCUT2D eigenvalue weighted by molar-refractivity contribution is -0.274. The number of ether oxygens (including phenoxy) is 1. The van der Waals surface area contributed by atoms with E-state index < -0.39 is 28.0 Å². The normalized spacial score (nSPS) is 11.8. The number of hydrogen-bond donors (Lipinski definition) is 2. The molecule has 0 aliphatic heterocycles. The van der Waals surface area contributed by atoms with Gasteiger partial charge in [0.05, 0.1) is 4.90 Å². The van der Waals surface area contributed by atoms with Gasteiger partial charge in [-0.15, -0.1) is 13.2 Å². The Bertz CT molecular complexity index is 865. The molecule has 0 radical (unpaired) electrons. The maximum absolute atomic E-state index is 12.4. The number of halogens is 3. The molecule has 2 rings (SSSR count). The highest BCUT2D eigenvalue weighted by molar-refractivity contribution is 7.89. The van der Waals surface area contributed by atoms with Crippen LogP contribution < -0.4 is 15.2 Å². The molecule has 1 amide bonds. The van der Waals surface area contributed by atoms with Crippen molar-refractivity contribution in [3.8, 4) is 5.75 Å². The van der Waals surface area contributed by atoms with E-state index in [0.29, 0.717) is 0 Å². The van der Waals surface area contributed by atoms with E-state index in [4.69, 9.17) is 5.14 Å². The van der Waals surface area contributed by atoms with Crippen molar-refractivity contribution in [1.29, 1.82) is 0 Å². The minimum atomic E-state index is -4.84. The number of primary sulfonamides is 1. The van der Waals surface area contributed by atoms with E-state index in [1.807, 2.05) is 0 Å². The molecule has 134 valence electrons. The molecule has 0 aliphatic carbocycles. The zero-order chi connectivity index (χ0) is 18.7. The lowest BCUT2D eigenvalue weighted by Gasteiger charge is -2.13. The average molecular weight is 374 g/mol. The van der Waals surface area contributed by atoms with Crippen LogP contribution in [-0.4, -0.2) is 20.7 Å². The van der Waals surface area contributed by atoms with Gasteiger partial charge >= 0.3 is 6.36 Å². The molecule has 0 heterocycles. The fourth-order valence-corrected chi connectivity index (χ4v) is 2.46. The van der Waals surface area contributed by atoms with Crippen LogP contribution in [0, 0.1) is 0 Å². The highest BCUT2D eigenvalue weighted by Gasteiger charge is 2.32. The monoisotopic (exact) mass is 374 g/mol. The fraction of sp³-hybridized carbons (Fsp3) is 0.133. The van der Waals surface area contributed by atoms with Gasteiger partial charge in [0.1, 0.15) is 5.75 Å². The molecule has 0 saturated heterocycles. The second-order valence-electron chi connectivity index (χ2n) is 4.91. The van der Waals surface area contributed by atoms with Gasteiger partial charge in [-0.1, -0.05) is 18.2 Å². The molecule has 6 nitrogen and oxygen atoms in total. The quantitative estimate of drug-likeness (QED) is 0.838. The average Bonchev–Trinajstić information content (AvgIpc) is 2.51. The molecule has 3 N–H and O–H groups in total. The van der Waals surface area contributed by atoms with Crippen LogP contribution in [0.2, 0.25) is 0 Å². The van der Waals surface area contributed by atoms with Crippen LogP contribution in [0.1, 0.15) is 15.9 Å². The van der Waals surface area contributed by atoms with Crippen LogP contribution in [0.3, 0.4) is 0 Å². The molecule has 2 aromatic rings. The lowest BCUT2D eigenvalue weighted by atomic mass is 10.2. The number of alkyl halides is 3. The fourth-order valence-electron chi connectivity index (χ4n) is 1.95. The van der Waals surface area contributed by atoms with E-state index in [1.165, 1.54) is 30.3 Å². The SMILES string of the molecule is NS(=O)(=O)c1ccc(C(=O)NCc2ccccc2OC(F)(F)F)cc1. The third kappa shape index (κ3) is 5.47. The van der Waals surface area contributed by atoms with Gasteiger partial charge in [0, 0.05) is 17.7 Å². The Kier molecular flexibility index (Phi) is 5.33. The van der Waals surface area contributed by atoms with Crippen molar-refractivity contribution in [2.75, 3.05) is 0 Å². The van der Waals surface area contributed by atoms with Crippen molar-refractivity contribution in [2.45, 2.75) is 17.8 Å². The molecule has 0 spiro atoms. The Morgan fingerprint density at radius 2 is 1.68 bits per heavy atom. The number of benzene rings is 2. The van der Waals surface area contributed by atoms with E-state index in [1.54, 1.807) is 0 Å². The van der Waals surface area contributed by atoms with E-state index in [2.05, 4.69) is 10.1 Å². The number of nitrogens with one attached hydrogen (secondary N) is 1. The van der Waals surface area contributed by atoms with Gasteiger partial charge < -0.3 is 10.1 Å². The Labute approximate surface area is 141 Å². The zero-order valence-electron chi connectivity index (χ0n) is 12.6. The van der Waals surface area contributed by atoms with Crippen molar-refractivity contribution >= 4 is 15.9 Å². The van der Waals surface area contributed by atoms with E-state index in [0.717, 1.165) is 18.2 Å². The summed E-state index contributed by atoms with van der Waals surface area (Å²) in [5.41, 5.74) is 0.260. The number of rotatable bonds is 5. The van der Waals surface area contributed by atoms with Gasteiger partial charge in [0.15, 0.2) is 0 Å². The van der Waals surface area contributed by atoms with Crippen molar-refractivity contribution in [1.82, 2.24) is 5.32 Å². The minimum absolute atomic E-state index is 0.127. The van der Waals surface area contributed by atoms with Crippen molar-refractivity contribution in [2.24, 2.45) is 5.14 Å². The third-order valence-corrected chi connectivity index (χ3v) is 4.01. The predicted octanol–water partition coefficient (Wildman–Crippen LogP) is 2.16. The molecule has 2 aromatic carbocycles. The van der Waals surface area contributed by atoms with Crippen LogP contribution in [0.25, 0.3) is 0 Å². The summed E-state index contributed by atoms with van der Waals surface area (Å²) in [6, 6.07) is 10.2. The topological polar surface area (TPSA) is 98.5 Å². The number of carbonyl (C=O) groups is 1. The van der Waals surface area contributed by atoms with Crippen molar-refractivity contribution in [3.05, 3.63) is 59.7 Å². The van der Waals surface area contributed by atoms with Crippen molar-refractivity contribution < 1.29 is 31.1 Å². The summed E-state index contributed by atoms with van der Waals surface area (Å²) in [4.78, 5) is 11.9. The van der Waals surface area contributed by atoms with Gasteiger partial charge in [-0.05, 0) is 30.3 Å². The summed E-state index contributed by atoms with van der Waals surface area (Å²) in [6.07, 6.45) is -4.84. The van der Waals surface area contributed by atoms with Gasteiger partial charge in [-0.2, -0.15) is 0 Å². The third-order valence-electron chi connectivity index (χ3n) is 3.08. The summed E-state index contributed by atoms with van der Waals surface area (Å²) in [5, 5.41) is 7.38. The van der Waals surface area contributed by atoms with Crippen LogP contribution in [0.15, 0.2) is 53.4 Å². The van der Waals surface area contributed by atoms with Gasteiger partial charge in [0.2, 0.25) is 10.0 Å². The first-order valence-electron chi connectivity index (χ1n) is 6.81. The largest absolute Gasteiger partial charge is 0.573 e. The molecular formula is C15H13F3N2O4S. The number of hydrogen-bond acceptors (Lipinski definition) is 4. The number of para-hydroxylation sites is 1. The molecule has 0 atom stereocenters. The standard InChI is InChI=1S/C15H13F3N2O4S/c16-15(17,18)24-13-4-2-1-3-11(13)9-20-14(21)10-5-7-12(8-6-10)25(19,22)23/h1-8H,9H2,(H,20,21)(H2,19,22,23). The second kappa shape index (κ2) is 7.11. The zero-order valence-corrected chi connectivity index (χ0v) is 13.4. The number of sulfonamides is 1. The first-order chi connectivity index (χ1) is 11.6. The Morgan fingerprint density at radius 3 is 2.24 bits per heavy atom. The van der Waals surface area contributed by atoms with Gasteiger partial charge in [-0.3, -0.25) is 4.79 Å². The maximum atomic E-state index is 12.4. The summed E-state index contributed by atoms with van der Waals surface area (Å²) < 4.78 is 63.2. The first-order valence-corrected chi connectivity index (χ1v) is 8.35. The van der Waals surface area contributed by atoms with E-state index in [9.17, 15) is 26.4 Å². The highest BCUT2D eigenvalue weighted by atomic mass is 32.2. The summed E-state index contributed by atoms with van der Waals surface area (Å²) in [6.45, 7) is -0.206. The molecule has 0 aliphatic rings. The smallest absolute Gasteiger partial charge is 0.405 e. The molecule has 0 aromatic heterocycles. The number of nitrogens with two attached hydrogens (primary N) is 1. The molecule has 0 unspecified atom stereocenters. The lowest BCUT2D eigenvalue weighted by Crippen LogP contribution is -2.24. The number of amides is 1. The summed E-state index contributed by atoms with van der Waals surface area (Å²) in [5.74, 6) is -1.01. The molecule has 0 bridgehead atoms. The van der Waals surface area contributed by atoms with Gasteiger partial charge in [-0.25, -0.2) is 13.6 Å². The Balaban J connectivity index is 2.08. The molecule has 25 heavy (non-hydrogen) atoms. The molecular weight excluding hydrogens is 361 g/mol. The first kappa shape index (κ1) is 18.7. The van der Waals surface area contributed by atoms with Crippen LogP contribution in [0.4, 0.5) is 13.2 Å². The molecule has 0 saturated carbocycles. The second-order valence-corrected chi connectivity index (χ2v) is 6.47. The maximum Gasteiger partial charge on any atom is 0.573 e. The van der Waals surface area contributed by atoms with Crippen LogP contribution in [-0.2, 0) is 16.6 Å². The van der Waals surface area contributed by atoms with Crippen LogP contribution in [0.5, 0.6) is 5.75 Å². The van der Waals surface area contributed by atoms with Gasteiger partial charge in [0.25, 0.3) is 5.91 Å². The number of carbonyl (C=O) groups excluding carboxylic acids is 1. The highest BCUT2D eigenvalue weighted by Crippen LogP contribution is 2.26. The summed E-state index contributed by atoms with van der Waals surface area (Å²) in [7, 11) is -3.88. The molecule has 10 heteroatoms. The summed E-state index contributed by atoms with van der Waals surface area (Å²) >= 11 is 0. The van der Waals surface area contributed by atoms with E-state index in [-0.39, 0.29) is 22.6 Å². The predicted molar refractivity (Wildman–Crippen MR) is 82.1 cm³/mol. The Morgan fingerprint density at radius 1 is 1.08 bits per heavy atom. The van der Waals surface area contributed by atoms with E-state index >= 15 is 0 Å². The van der Waals surface area contributed by atoms with Crippen LogP contribution >= 0.6 is 0 Å².